The standard InChI is InChI=1S/C15H10BrFIN3/c16-11-6-5-8(18)7-10(11)14-13(15(19)21-20-14)9-3-1-2-4-12(9)17/h1-7H,(H3,19,20,21). The maximum atomic E-state index is 14.1. The fourth-order valence-electron chi connectivity index (χ4n) is 2.18. The Balaban J connectivity index is 2.27. The van der Waals surface area contributed by atoms with Gasteiger partial charge in [0.1, 0.15) is 5.82 Å². The van der Waals surface area contributed by atoms with Crippen molar-refractivity contribution < 1.29 is 4.39 Å². The van der Waals surface area contributed by atoms with E-state index in [4.69, 9.17) is 5.73 Å². The van der Waals surface area contributed by atoms with Gasteiger partial charge in [-0.25, -0.2) is 4.39 Å². The Bertz CT molecular complexity index is 816. The molecule has 3 aromatic rings. The minimum atomic E-state index is -0.325. The zero-order valence-corrected chi connectivity index (χ0v) is 14.4. The second-order valence-corrected chi connectivity index (χ2v) is 6.56. The van der Waals surface area contributed by atoms with Gasteiger partial charge in [0, 0.05) is 19.2 Å². The molecule has 0 aliphatic heterocycles. The van der Waals surface area contributed by atoms with Crippen molar-refractivity contribution in [2.75, 3.05) is 5.73 Å². The lowest BCUT2D eigenvalue weighted by Gasteiger charge is -2.08. The van der Waals surface area contributed by atoms with Crippen LogP contribution in [0.15, 0.2) is 46.9 Å². The van der Waals surface area contributed by atoms with Crippen LogP contribution in [-0.2, 0) is 0 Å². The second kappa shape index (κ2) is 5.76. The number of aromatic amines is 1. The maximum Gasteiger partial charge on any atom is 0.153 e. The zero-order valence-electron chi connectivity index (χ0n) is 10.7. The van der Waals surface area contributed by atoms with Crippen LogP contribution in [0.2, 0.25) is 0 Å². The molecule has 2 aromatic carbocycles. The molecule has 0 radical (unpaired) electrons. The predicted octanol–water partition coefficient (Wildman–Crippen LogP) is 4.83. The Morgan fingerprint density at radius 3 is 2.67 bits per heavy atom. The van der Waals surface area contributed by atoms with Gasteiger partial charge >= 0.3 is 0 Å². The maximum absolute atomic E-state index is 14.1. The molecule has 0 fully saturated rings. The lowest BCUT2D eigenvalue weighted by Crippen LogP contribution is -1.92. The highest BCUT2D eigenvalue weighted by Crippen LogP contribution is 2.39. The van der Waals surface area contributed by atoms with E-state index in [0.29, 0.717) is 16.8 Å². The van der Waals surface area contributed by atoms with Crippen LogP contribution < -0.4 is 5.73 Å². The first kappa shape index (κ1) is 14.5. The van der Waals surface area contributed by atoms with Gasteiger partial charge in [0.25, 0.3) is 0 Å². The molecule has 0 saturated heterocycles. The lowest BCUT2D eigenvalue weighted by molar-refractivity contribution is 0.631. The first-order valence-electron chi connectivity index (χ1n) is 6.12. The van der Waals surface area contributed by atoms with Crippen molar-refractivity contribution >= 4 is 44.3 Å². The van der Waals surface area contributed by atoms with Crippen LogP contribution in [0.1, 0.15) is 0 Å². The molecule has 106 valence electrons. The first-order valence-corrected chi connectivity index (χ1v) is 7.99. The number of hydrogen-bond donors (Lipinski definition) is 2. The molecular formula is C15H10BrFIN3. The summed E-state index contributed by atoms with van der Waals surface area (Å²) in [6.45, 7) is 0. The molecule has 0 unspecified atom stereocenters. The van der Waals surface area contributed by atoms with Crippen LogP contribution in [0.5, 0.6) is 0 Å². The number of benzene rings is 2. The Morgan fingerprint density at radius 1 is 1.14 bits per heavy atom. The van der Waals surface area contributed by atoms with Crippen molar-refractivity contribution in [1.82, 2.24) is 10.2 Å². The van der Waals surface area contributed by atoms with Crippen LogP contribution >= 0.6 is 38.5 Å². The number of nitrogen functional groups attached to an aromatic ring is 1. The number of aromatic nitrogens is 2. The third kappa shape index (κ3) is 2.69. The topological polar surface area (TPSA) is 54.7 Å². The Morgan fingerprint density at radius 2 is 1.90 bits per heavy atom. The smallest absolute Gasteiger partial charge is 0.153 e. The van der Waals surface area contributed by atoms with Crippen LogP contribution in [0.25, 0.3) is 22.4 Å². The van der Waals surface area contributed by atoms with E-state index in [1.807, 2.05) is 18.2 Å². The van der Waals surface area contributed by atoms with E-state index in [0.717, 1.165) is 13.6 Å². The van der Waals surface area contributed by atoms with Crippen molar-refractivity contribution in [1.29, 1.82) is 0 Å². The number of nitrogens with zero attached hydrogens (tertiary/aromatic N) is 1. The summed E-state index contributed by atoms with van der Waals surface area (Å²) in [7, 11) is 0. The number of rotatable bonds is 2. The van der Waals surface area contributed by atoms with Crippen LogP contribution in [-0.4, -0.2) is 10.2 Å². The molecule has 3 N–H and O–H groups in total. The molecule has 6 heteroatoms. The molecule has 0 atom stereocenters. The number of nitrogens with one attached hydrogen (secondary N) is 1. The summed E-state index contributed by atoms with van der Waals surface area (Å²) in [4.78, 5) is 0. The van der Waals surface area contributed by atoms with E-state index < -0.39 is 0 Å². The van der Waals surface area contributed by atoms with Gasteiger partial charge in [0.05, 0.1) is 11.3 Å². The van der Waals surface area contributed by atoms with Gasteiger partial charge in [-0.2, -0.15) is 5.10 Å². The van der Waals surface area contributed by atoms with Gasteiger partial charge in [0.2, 0.25) is 0 Å². The molecule has 21 heavy (non-hydrogen) atoms. The van der Waals surface area contributed by atoms with Crippen molar-refractivity contribution in [2.45, 2.75) is 0 Å². The van der Waals surface area contributed by atoms with Gasteiger partial charge < -0.3 is 5.73 Å². The molecule has 1 heterocycles. The summed E-state index contributed by atoms with van der Waals surface area (Å²) in [6, 6.07) is 12.4. The molecule has 0 saturated carbocycles. The number of hydrogen-bond acceptors (Lipinski definition) is 2. The van der Waals surface area contributed by atoms with Gasteiger partial charge in [-0.1, -0.05) is 34.1 Å². The third-order valence-electron chi connectivity index (χ3n) is 3.14. The SMILES string of the molecule is Nc1n[nH]c(-c2cc(I)ccc2Br)c1-c1ccccc1F. The average molecular weight is 458 g/mol. The molecule has 0 aliphatic carbocycles. The molecule has 1 aromatic heterocycles. The predicted molar refractivity (Wildman–Crippen MR) is 94.2 cm³/mol. The van der Waals surface area contributed by atoms with Crippen molar-refractivity contribution in [3.63, 3.8) is 0 Å². The Labute approximate surface area is 143 Å². The van der Waals surface area contributed by atoms with E-state index in [1.54, 1.807) is 18.2 Å². The van der Waals surface area contributed by atoms with E-state index in [-0.39, 0.29) is 11.6 Å². The van der Waals surface area contributed by atoms with E-state index in [1.165, 1.54) is 6.07 Å². The molecule has 3 rings (SSSR count). The number of halogens is 3. The summed E-state index contributed by atoms with van der Waals surface area (Å²) in [5, 5.41) is 6.95. The van der Waals surface area contributed by atoms with Gasteiger partial charge in [-0.3, -0.25) is 5.10 Å². The number of H-pyrrole nitrogens is 1. The minimum Gasteiger partial charge on any atom is -0.382 e. The second-order valence-electron chi connectivity index (χ2n) is 4.46. The van der Waals surface area contributed by atoms with Crippen molar-refractivity contribution in [3.05, 3.63) is 56.3 Å². The fraction of sp³-hybridized carbons (Fsp3) is 0. The summed E-state index contributed by atoms with van der Waals surface area (Å²) in [5.41, 5.74) is 8.55. The van der Waals surface area contributed by atoms with E-state index in [9.17, 15) is 4.39 Å². The highest BCUT2D eigenvalue weighted by molar-refractivity contribution is 14.1. The van der Waals surface area contributed by atoms with Crippen LogP contribution in [0.3, 0.4) is 0 Å². The summed E-state index contributed by atoms with van der Waals surface area (Å²) in [5.74, 6) is -0.0468. The normalized spacial score (nSPS) is 10.8. The van der Waals surface area contributed by atoms with Gasteiger partial charge in [-0.15, -0.1) is 0 Å². The monoisotopic (exact) mass is 457 g/mol. The summed E-state index contributed by atoms with van der Waals surface area (Å²) >= 11 is 5.74. The highest BCUT2D eigenvalue weighted by atomic mass is 127. The number of anilines is 1. The van der Waals surface area contributed by atoms with E-state index in [2.05, 4.69) is 48.7 Å². The van der Waals surface area contributed by atoms with E-state index >= 15 is 0 Å². The Hall–Kier alpha value is -1.41. The average Bonchev–Trinajstić information content (AvgIpc) is 2.84. The van der Waals surface area contributed by atoms with Crippen molar-refractivity contribution in [2.24, 2.45) is 0 Å². The zero-order chi connectivity index (χ0) is 15.0. The quantitative estimate of drug-likeness (QED) is 0.541. The van der Waals surface area contributed by atoms with Crippen molar-refractivity contribution in [3.8, 4) is 22.4 Å². The Kier molecular flexibility index (Phi) is 3.99. The summed E-state index contributed by atoms with van der Waals surface area (Å²) < 4.78 is 16.1. The summed E-state index contributed by atoms with van der Waals surface area (Å²) in [6.07, 6.45) is 0. The first-order chi connectivity index (χ1) is 10.1. The minimum absolute atomic E-state index is 0.279. The van der Waals surface area contributed by atoms with Crippen LogP contribution in [0, 0.1) is 9.39 Å². The lowest BCUT2D eigenvalue weighted by atomic mass is 10.0. The fourth-order valence-corrected chi connectivity index (χ4v) is 3.11. The molecule has 0 bridgehead atoms. The third-order valence-corrected chi connectivity index (χ3v) is 4.50. The van der Waals surface area contributed by atoms with Crippen LogP contribution in [0.4, 0.5) is 10.2 Å². The molecule has 3 nitrogen and oxygen atoms in total. The highest BCUT2D eigenvalue weighted by Gasteiger charge is 2.19. The molecule has 0 spiro atoms. The largest absolute Gasteiger partial charge is 0.382 e. The molecule has 0 aliphatic rings. The van der Waals surface area contributed by atoms with Gasteiger partial charge in [-0.05, 0) is 46.9 Å². The molecule has 0 amide bonds. The molecular weight excluding hydrogens is 448 g/mol. The van der Waals surface area contributed by atoms with Gasteiger partial charge in [0.15, 0.2) is 5.82 Å². The number of nitrogens with two attached hydrogens (primary N) is 1.